The molecule has 1 heterocycles. The number of sulfone groups is 1. The molecule has 0 aliphatic carbocycles. The molecule has 0 aliphatic heterocycles. The monoisotopic (exact) mass is 293 g/mol. The van der Waals surface area contributed by atoms with Crippen LogP contribution < -0.4 is 5.32 Å². The molecule has 2 aromatic rings. The summed E-state index contributed by atoms with van der Waals surface area (Å²) in [5.74, 6) is 0.796. The Morgan fingerprint density at radius 2 is 1.90 bits per heavy atom. The molecule has 0 aliphatic rings. The van der Waals surface area contributed by atoms with E-state index < -0.39 is 15.1 Å². The molecule has 0 fully saturated rings. The molecule has 1 unspecified atom stereocenters. The maximum Gasteiger partial charge on any atom is 0.182 e. The molecule has 2 rings (SSSR count). The van der Waals surface area contributed by atoms with Crippen molar-refractivity contribution in [1.29, 1.82) is 0 Å². The van der Waals surface area contributed by atoms with Crippen LogP contribution in [0.5, 0.6) is 0 Å². The molecule has 0 saturated carbocycles. The van der Waals surface area contributed by atoms with Gasteiger partial charge in [-0.25, -0.2) is 8.42 Å². The molecule has 0 amide bonds. The minimum atomic E-state index is -3.29. The highest BCUT2D eigenvalue weighted by Crippen LogP contribution is 2.16. The summed E-state index contributed by atoms with van der Waals surface area (Å²) in [5.41, 5.74) is 1.05. The number of benzene rings is 1. The molecular weight excluding hydrogens is 274 g/mol. The first-order valence-corrected chi connectivity index (χ1v) is 8.08. The van der Waals surface area contributed by atoms with Crippen molar-refractivity contribution in [3.8, 4) is 0 Å². The Bertz CT molecular complexity index is 630. The Morgan fingerprint density at radius 1 is 1.20 bits per heavy atom. The zero-order valence-corrected chi connectivity index (χ0v) is 12.5. The molecule has 1 aromatic heterocycles. The van der Waals surface area contributed by atoms with Crippen molar-refractivity contribution < 1.29 is 12.8 Å². The van der Waals surface area contributed by atoms with Gasteiger partial charge in [-0.2, -0.15) is 0 Å². The van der Waals surface area contributed by atoms with Crippen LogP contribution in [0.4, 0.5) is 0 Å². The fraction of sp³-hybridized carbons (Fsp3) is 0.333. The predicted octanol–water partition coefficient (Wildman–Crippen LogP) is 2.54. The highest BCUT2D eigenvalue weighted by atomic mass is 32.2. The number of furan rings is 1. The first-order chi connectivity index (χ1) is 9.50. The first kappa shape index (κ1) is 14.8. The standard InChI is InChI=1S/C15H19NO3S/c1-12-5-7-15(8-6-12)20(17,18)13(2)10-16-11-14-4-3-9-19-14/h3-9,13,16H,10-11H2,1-2H3. The lowest BCUT2D eigenvalue weighted by Crippen LogP contribution is -2.30. The van der Waals surface area contributed by atoms with Crippen molar-refractivity contribution in [3.63, 3.8) is 0 Å². The van der Waals surface area contributed by atoms with Gasteiger partial charge in [0.05, 0.1) is 23.0 Å². The van der Waals surface area contributed by atoms with Gasteiger partial charge in [0, 0.05) is 6.54 Å². The summed E-state index contributed by atoms with van der Waals surface area (Å²) < 4.78 is 29.9. The van der Waals surface area contributed by atoms with Crippen LogP contribution in [0.25, 0.3) is 0 Å². The van der Waals surface area contributed by atoms with Gasteiger partial charge in [0.25, 0.3) is 0 Å². The number of hydrogen-bond acceptors (Lipinski definition) is 4. The minimum absolute atomic E-state index is 0.371. The maximum atomic E-state index is 12.4. The molecule has 1 aromatic carbocycles. The average molecular weight is 293 g/mol. The van der Waals surface area contributed by atoms with E-state index in [0.29, 0.717) is 18.0 Å². The van der Waals surface area contributed by atoms with Crippen molar-refractivity contribution in [3.05, 3.63) is 54.0 Å². The lowest BCUT2D eigenvalue weighted by molar-refractivity contribution is 0.481. The van der Waals surface area contributed by atoms with E-state index >= 15 is 0 Å². The molecule has 4 nitrogen and oxygen atoms in total. The van der Waals surface area contributed by atoms with Gasteiger partial charge in [-0.1, -0.05) is 17.7 Å². The van der Waals surface area contributed by atoms with Gasteiger partial charge in [0.1, 0.15) is 5.76 Å². The molecule has 5 heteroatoms. The number of nitrogens with one attached hydrogen (secondary N) is 1. The molecule has 0 saturated heterocycles. The van der Waals surface area contributed by atoms with E-state index in [9.17, 15) is 8.42 Å². The molecular formula is C15H19NO3S. The third-order valence-corrected chi connectivity index (χ3v) is 5.35. The predicted molar refractivity (Wildman–Crippen MR) is 78.2 cm³/mol. The number of hydrogen-bond donors (Lipinski definition) is 1. The van der Waals surface area contributed by atoms with Crippen LogP contribution in [-0.4, -0.2) is 20.2 Å². The SMILES string of the molecule is Cc1ccc(S(=O)(=O)C(C)CNCc2ccco2)cc1. The van der Waals surface area contributed by atoms with Crippen LogP contribution in [0, 0.1) is 6.92 Å². The maximum absolute atomic E-state index is 12.4. The minimum Gasteiger partial charge on any atom is -0.468 e. The van der Waals surface area contributed by atoms with Gasteiger partial charge in [-0.15, -0.1) is 0 Å². The van der Waals surface area contributed by atoms with E-state index in [1.807, 2.05) is 31.2 Å². The molecule has 1 N–H and O–H groups in total. The van der Waals surface area contributed by atoms with Crippen LogP contribution in [0.1, 0.15) is 18.2 Å². The van der Waals surface area contributed by atoms with Crippen molar-refractivity contribution >= 4 is 9.84 Å². The van der Waals surface area contributed by atoms with E-state index in [2.05, 4.69) is 5.32 Å². The Kier molecular flexibility index (Phi) is 4.62. The lowest BCUT2D eigenvalue weighted by Gasteiger charge is -2.13. The van der Waals surface area contributed by atoms with Gasteiger partial charge < -0.3 is 9.73 Å². The molecule has 108 valence electrons. The van der Waals surface area contributed by atoms with Gasteiger partial charge in [-0.05, 0) is 38.1 Å². The Labute approximate surface area is 119 Å². The molecule has 0 spiro atoms. The Hall–Kier alpha value is -1.59. The number of aryl methyl sites for hydroxylation is 1. The second kappa shape index (κ2) is 6.24. The Balaban J connectivity index is 1.96. The van der Waals surface area contributed by atoms with Crippen LogP contribution >= 0.6 is 0 Å². The van der Waals surface area contributed by atoms with Crippen molar-refractivity contribution in [2.45, 2.75) is 30.5 Å². The van der Waals surface area contributed by atoms with Crippen molar-refractivity contribution in [2.75, 3.05) is 6.54 Å². The molecule has 0 bridgehead atoms. The van der Waals surface area contributed by atoms with Gasteiger partial charge >= 0.3 is 0 Å². The highest BCUT2D eigenvalue weighted by molar-refractivity contribution is 7.92. The quantitative estimate of drug-likeness (QED) is 0.889. The fourth-order valence-electron chi connectivity index (χ4n) is 1.88. The van der Waals surface area contributed by atoms with Crippen LogP contribution in [0.3, 0.4) is 0 Å². The lowest BCUT2D eigenvalue weighted by atomic mass is 10.2. The third kappa shape index (κ3) is 3.49. The summed E-state index contributed by atoms with van der Waals surface area (Å²) in [4.78, 5) is 0.371. The zero-order chi connectivity index (χ0) is 14.6. The Morgan fingerprint density at radius 3 is 2.50 bits per heavy atom. The summed E-state index contributed by atoms with van der Waals surface area (Å²) in [7, 11) is -3.29. The normalized spacial score (nSPS) is 13.3. The smallest absolute Gasteiger partial charge is 0.182 e. The molecule has 1 atom stereocenters. The van der Waals surface area contributed by atoms with Gasteiger partial charge in [0.15, 0.2) is 9.84 Å². The fourth-order valence-corrected chi connectivity index (χ4v) is 3.20. The number of rotatable bonds is 6. The van der Waals surface area contributed by atoms with E-state index in [1.165, 1.54) is 0 Å². The zero-order valence-electron chi connectivity index (χ0n) is 11.7. The average Bonchev–Trinajstić information content (AvgIpc) is 2.92. The van der Waals surface area contributed by atoms with E-state index in [1.54, 1.807) is 25.3 Å². The molecule has 0 radical (unpaired) electrons. The first-order valence-electron chi connectivity index (χ1n) is 6.54. The largest absolute Gasteiger partial charge is 0.468 e. The highest BCUT2D eigenvalue weighted by Gasteiger charge is 2.22. The van der Waals surface area contributed by atoms with E-state index in [4.69, 9.17) is 4.42 Å². The van der Waals surface area contributed by atoms with Crippen LogP contribution in [-0.2, 0) is 16.4 Å². The van der Waals surface area contributed by atoms with Crippen LogP contribution in [0.2, 0.25) is 0 Å². The second-order valence-electron chi connectivity index (χ2n) is 4.88. The van der Waals surface area contributed by atoms with Gasteiger partial charge in [-0.3, -0.25) is 0 Å². The summed E-state index contributed by atoms with van der Waals surface area (Å²) in [5, 5.41) is 2.62. The topological polar surface area (TPSA) is 59.3 Å². The van der Waals surface area contributed by atoms with Gasteiger partial charge in [0.2, 0.25) is 0 Å². The van der Waals surface area contributed by atoms with Crippen molar-refractivity contribution in [2.24, 2.45) is 0 Å². The van der Waals surface area contributed by atoms with E-state index in [-0.39, 0.29) is 0 Å². The van der Waals surface area contributed by atoms with Crippen LogP contribution in [0.15, 0.2) is 52.0 Å². The molecule has 20 heavy (non-hydrogen) atoms. The summed E-state index contributed by atoms with van der Waals surface area (Å²) in [6.07, 6.45) is 1.60. The third-order valence-electron chi connectivity index (χ3n) is 3.19. The van der Waals surface area contributed by atoms with E-state index in [0.717, 1.165) is 11.3 Å². The second-order valence-corrected chi connectivity index (χ2v) is 7.25. The summed E-state index contributed by atoms with van der Waals surface area (Å²) >= 11 is 0. The van der Waals surface area contributed by atoms with Crippen molar-refractivity contribution in [1.82, 2.24) is 5.32 Å². The summed E-state index contributed by atoms with van der Waals surface area (Å²) in [6.45, 7) is 4.56. The summed E-state index contributed by atoms with van der Waals surface area (Å²) in [6, 6.07) is 10.6.